The molecule has 2 N–H and O–H groups in total. The van der Waals surface area contributed by atoms with Gasteiger partial charge in [-0.3, -0.25) is 0 Å². The lowest BCUT2D eigenvalue weighted by molar-refractivity contribution is 0.0970. The second-order valence-electron chi connectivity index (χ2n) is 5.10. The van der Waals surface area contributed by atoms with E-state index in [1.54, 1.807) is 0 Å². The first-order chi connectivity index (χ1) is 8.61. The number of halogens is 1. The molecule has 1 heterocycles. The first-order valence-electron chi connectivity index (χ1n) is 6.48. The van der Waals surface area contributed by atoms with Gasteiger partial charge in [0, 0.05) is 24.1 Å². The molecule has 18 heavy (non-hydrogen) atoms. The maximum absolute atomic E-state index is 9.78. The van der Waals surface area contributed by atoms with Crippen LogP contribution in [-0.4, -0.2) is 31.3 Å². The number of rotatable bonds is 3. The number of piperidine rings is 1. The molecule has 1 saturated heterocycles. The quantitative estimate of drug-likeness (QED) is 0.899. The van der Waals surface area contributed by atoms with E-state index in [2.05, 4.69) is 51.3 Å². The zero-order valence-corrected chi connectivity index (χ0v) is 12.6. The van der Waals surface area contributed by atoms with E-state index in [-0.39, 0.29) is 6.10 Å². The number of aliphatic hydroxyl groups is 1. The van der Waals surface area contributed by atoms with E-state index in [0.717, 1.165) is 30.5 Å². The summed E-state index contributed by atoms with van der Waals surface area (Å²) >= 11 is 3.66. The van der Waals surface area contributed by atoms with E-state index < -0.39 is 0 Å². The second-order valence-corrected chi connectivity index (χ2v) is 5.95. The molecule has 4 heteroatoms. The summed E-state index contributed by atoms with van der Waals surface area (Å²) in [4.78, 5) is 2.35. The van der Waals surface area contributed by atoms with Gasteiger partial charge in [0.1, 0.15) is 0 Å². The van der Waals surface area contributed by atoms with Gasteiger partial charge in [-0.2, -0.15) is 0 Å². The molecular weight excluding hydrogens is 292 g/mol. The summed E-state index contributed by atoms with van der Waals surface area (Å²) in [5.41, 5.74) is 2.51. The Morgan fingerprint density at radius 2 is 2.28 bits per heavy atom. The highest BCUT2D eigenvalue weighted by atomic mass is 79.9. The van der Waals surface area contributed by atoms with Crippen LogP contribution in [0.3, 0.4) is 0 Å². The molecule has 0 saturated carbocycles. The van der Waals surface area contributed by atoms with Crippen LogP contribution in [0.5, 0.6) is 0 Å². The molecule has 1 aliphatic rings. The van der Waals surface area contributed by atoms with Crippen molar-refractivity contribution in [1.82, 2.24) is 5.32 Å². The van der Waals surface area contributed by atoms with Crippen LogP contribution in [0.25, 0.3) is 0 Å². The molecule has 1 aromatic rings. The van der Waals surface area contributed by atoms with Crippen molar-refractivity contribution in [3.8, 4) is 0 Å². The topological polar surface area (TPSA) is 35.5 Å². The molecule has 2 atom stereocenters. The van der Waals surface area contributed by atoms with Crippen molar-refractivity contribution in [2.75, 3.05) is 25.0 Å². The van der Waals surface area contributed by atoms with E-state index in [9.17, 15) is 5.11 Å². The summed E-state index contributed by atoms with van der Waals surface area (Å²) in [6.07, 6.45) is 0.704. The largest absolute Gasteiger partial charge is 0.393 e. The van der Waals surface area contributed by atoms with Gasteiger partial charge in [0.25, 0.3) is 0 Å². The first-order valence-corrected chi connectivity index (χ1v) is 7.27. The monoisotopic (exact) mass is 312 g/mol. The highest BCUT2D eigenvalue weighted by Gasteiger charge is 2.25. The van der Waals surface area contributed by atoms with Crippen molar-refractivity contribution in [1.29, 1.82) is 0 Å². The molecule has 0 amide bonds. The highest BCUT2D eigenvalue weighted by Crippen LogP contribution is 2.30. The minimum absolute atomic E-state index is 0.149. The fourth-order valence-corrected chi connectivity index (χ4v) is 3.15. The summed E-state index contributed by atoms with van der Waals surface area (Å²) in [6.45, 7) is 4.84. The van der Waals surface area contributed by atoms with Gasteiger partial charge in [-0.15, -0.1) is 0 Å². The van der Waals surface area contributed by atoms with Crippen LogP contribution in [0.1, 0.15) is 18.9 Å². The van der Waals surface area contributed by atoms with Crippen molar-refractivity contribution in [3.05, 3.63) is 28.2 Å². The fraction of sp³-hybridized carbons (Fsp3) is 0.571. The average molecular weight is 313 g/mol. The van der Waals surface area contributed by atoms with Gasteiger partial charge in [0.05, 0.1) is 11.8 Å². The molecule has 1 aromatic carbocycles. The minimum atomic E-state index is -0.149. The van der Waals surface area contributed by atoms with Gasteiger partial charge < -0.3 is 15.3 Å². The van der Waals surface area contributed by atoms with Crippen LogP contribution in [0.15, 0.2) is 22.7 Å². The molecule has 0 spiro atoms. The Morgan fingerprint density at radius 1 is 1.50 bits per heavy atom. The lowest BCUT2D eigenvalue weighted by atomic mass is 9.96. The Hall–Kier alpha value is -0.580. The third-order valence-corrected chi connectivity index (χ3v) is 4.23. The number of nitrogens with one attached hydrogen (secondary N) is 1. The number of nitrogens with zero attached hydrogens (tertiary/aromatic N) is 1. The molecule has 3 nitrogen and oxygen atoms in total. The number of anilines is 1. The van der Waals surface area contributed by atoms with Crippen molar-refractivity contribution in [2.45, 2.75) is 26.0 Å². The Kier molecular flexibility index (Phi) is 4.65. The molecule has 1 fully saturated rings. The molecule has 2 rings (SSSR count). The van der Waals surface area contributed by atoms with Gasteiger partial charge in [-0.05, 0) is 53.0 Å². The van der Waals surface area contributed by atoms with Gasteiger partial charge in [0.2, 0.25) is 0 Å². The highest BCUT2D eigenvalue weighted by molar-refractivity contribution is 9.10. The molecule has 100 valence electrons. The molecular formula is C14H21BrN2O. The summed E-state index contributed by atoms with van der Waals surface area (Å²) in [7, 11) is 1.95. The van der Waals surface area contributed by atoms with E-state index in [4.69, 9.17) is 0 Å². The van der Waals surface area contributed by atoms with Crippen molar-refractivity contribution < 1.29 is 5.11 Å². The van der Waals surface area contributed by atoms with E-state index in [0.29, 0.717) is 5.92 Å². The number of benzene rings is 1. The standard InChI is InChI=1S/C14H21BrN2O/c1-10-9-17(6-5-14(10)18)13-4-3-11(8-16-2)7-12(13)15/h3-4,7,10,14,16,18H,5-6,8-9H2,1-2H3. The van der Waals surface area contributed by atoms with Crippen molar-refractivity contribution >= 4 is 21.6 Å². The van der Waals surface area contributed by atoms with Crippen molar-refractivity contribution in [2.24, 2.45) is 5.92 Å². The Labute approximate surface area is 117 Å². The normalized spacial score (nSPS) is 24.3. The smallest absolute Gasteiger partial charge is 0.0599 e. The maximum atomic E-state index is 9.78. The van der Waals surface area contributed by atoms with E-state index >= 15 is 0 Å². The summed E-state index contributed by atoms with van der Waals surface area (Å²) in [6, 6.07) is 6.50. The Morgan fingerprint density at radius 3 is 2.89 bits per heavy atom. The SMILES string of the molecule is CNCc1ccc(N2CCC(O)C(C)C2)c(Br)c1. The third kappa shape index (κ3) is 3.05. The second kappa shape index (κ2) is 6.04. The lowest BCUT2D eigenvalue weighted by Gasteiger charge is -2.36. The molecule has 1 aliphatic heterocycles. The zero-order chi connectivity index (χ0) is 13.1. The van der Waals surface area contributed by atoms with Crippen LogP contribution in [0.2, 0.25) is 0 Å². The van der Waals surface area contributed by atoms with Crippen molar-refractivity contribution in [3.63, 3.8) is 0 Å². The fourth-order valence-electron chi connectivity index (χ4n) is 2.47. The van der Waals surface area contributed by atoms with Gasteiger partial charge in [-0.25, -0.2) is 0 Å². The van der Waals surface area contributed by atoms with E-state index in [1.807, 2.05) is 7.05 Å². The van der Waals surface area contributed by atoms with Crippen LogP contribution >= 0.6 is 15.9 Å². The van der Waals surface area contributed by atoms with Crippen LogP contribution in [-0.2, 0) is 6.54 Å². The lowest BCUT2D eigenvalue weighted by Crippen LogP contribution is -2.42. The van der Waals surface area contributed by atoms with Gasteiger partial charge >= 0.3 is 0 Å². The molecule has 2 unspecified atom stereocenters. The van der Waals surface area contributed by atoms with Crippen LogP contribution in [0, 0.1) is 5.92 Å². The molecule has 0 radical (unpaired) electrons. The number of aliphatic hydroxyl groups excluding tert-OH is 1. The maximum Gasteiger partial charge on any atom is 0.0599 e. The summed E-state index contributed by atoms with van der Waals surface area (Å²) in [5.74, 6) is 0.336. The third-order valence-electron chi connectivity index (χ3n) is 3.59. The number of hydrogen-bond donors (Lipinski definition) is 2. The summed E-state index contributed by atoms with van der Waals surface area (Å²) < 4.78 is 1.14. The Balaban J connectivity index is 2.13. The summed E-state index contributed by atoms with van der Waals surface area (Å²) in [5, 5.41) is 12.9. The first kappa shape index (κ1) is 13.8. The molecule has 0 aromatic heterocycles. The number of hydrogen-bond acceptors (Lipinski definition) is 3. The Bertz CT molecular complexity index is 411. The van der Waals surface area contributed by atoms with E-state index in [1.165, 1.54) is 11.3 Å². The predicted molar refractivity (Wildman–Crippen MR) is 78.9 cm³/mol. The zero-order valence-electron chi connectivity index (χ0n) is 11.0. The van der Waals surface area contributed by atoms with Gasteiger partial charge in [0.15, 0.2) is 0 Å². The minimum Gasteiger partial charge on any atom is -0.393 e. The molecule has 0 bridgehead atoms. The van der Waals surface area contributed by atoms with Crippen LogP contribution in [0.4, 0.5) is 5.69 Å². The predicted octanol–water partition coefficient (Wildman–Crippen LogP) is 2.38. The molecule has 0 aliphatic carbocycles. The van der Waals surface area contributed by atoms with Crippen LogP contribution < -0.4 is 10.2 Å². The van der Waals surface area contributed by atoms with Gasteiger partial charge in [-0.1, -0.05) is 13.0 Å². The average Bonchev–Trinajstić information content (AvgIpc) is 2.34.